The van der Waals surface area contributed by atoms with Crippen molar-refractivity contribution in [3.8, 4) is 0 Å². The molecular formula is C11H15Cl2N5O2. The maximum atomic E-state index is 11.6. The predicted molar refractivity (Wildman–Crippen MR) is 71.4 cm³/mol. The monoisotopic (exact) mass is 319 g/mol. The van der Waals surface area contributed by atoms with Crippen LogP contribution < -0.4 is 38.2 Å². The van der Waals surface area contributed by atoms with Gasteiger partial charge >= 0.3 is 12.1 Å². The molecule has 7 nitrogen and oxygen atoms in total. The molecule has 0 bridgehead atoms. The number of nitrogens with zero attached hydrogens (tertiary/aromatic N) is 1. The van der Waals surface area contributed by atoms with E-state index < -0.39 is 0 Å². The van der Waals surface area contributed by atoms with Crippen molar-refractivity contribution in [1.29, 1.82) is 0 Å². The van der Waals surface area contributed by atoms with Crippen molar-refractivity contribution in [1.82, 2.24) is 10.6 Å². The molecule has 1 aliphatic heterocycles. The van der Waals surface area contributed by atoms with Crippen molar-refractivity contribution in [2.75, 3.05) is 29.6 Å². The molecule has 0 aromatic carbocycles. The number of halogens is 2. The molecule has 1 aromatic heterocycles. The van der Waals surface area contributed by atoms with Gasteiger partial charge in [-0.05, 0) is 6.07 Å². The number of carbonyl (C=O) groups is 2. The fraction of sp³-hybridized carbons (Fsp3) is 0.364. The van der Waals surface area contributed by atoms with Crippen molar-refractivity contribution < 1.29 is 26.6 Å². The Morgan fingerprint density at radius 3 is 3.00 bits per heavy atom. The summed E-state index contributed by atoms with van der Waals surface area (Å²) in [6.45, 7) is 1.46. The second-order valence-corrected chi connectivity index (χ2v) is 4.28. The van der Waals surface area contributed by atoms with Crippen LogP contribution in [-0.2, 0) is 6.54 Å². The van der Waals surface area contributed by atoms with Crippen LogP contribution in [0, 0.1) is 0 Å². The van der Waals surface area contributed by atoms with Gasteiger partial charge in [0.15, 0.2) is 0 Å². The summed E-state index contributed by atoms with van der Waals surface area (Å²) in [5.74, 6) is 1.59. The number of hydrogen-bond acceptors (Lipinski definition) is 2. The van der Waals surface area contributed by atoms with Gasteiger partial charge in [-0.1, -0.05) is 0 Å². The van der Waals surface area contributed by atoms with E-state index in [2.05, 4.69) is 21.3 Å². The minimum Gasteiger partial charge on any atom is -1.00 e. The quantitative estimate of drug-likeness (QED) is 0.366. The molecule has 0 unspecified atom stereocenters. The topological polar surface area (TPSA) is 86.1 Å². The lowest BCUT2D eigenvalue weighted by Gasteiger charge is -2.09. The maximum absolute atomic E-state index is 11.6. The number of aromatic nitrogens is 1. The molecule has 0 spiro atoms. The Bertz CT molecular complexity index is 498. The van der Waals surface area contributed by atoms with E-state index in [-0.39, 0.29) is 24.5 Å². The van der Waals surface area contributed by atoms with Crippen LogP contribution in [0.15, 0.2) is 18.2 Å². The number of pyridine rings is 1. The molecule has 1 aromatic rings. The SMILES string of the molecule is O=C(NCCCl)Nc1cccc2[n+]1CCNC(=O)N2.[Cl-]. The number of amides is 4. The zero-order valence-corrected chi connectivity index (χ0v) is 12.1. The lowest BCUT2D eigenvalue weighted by Crippen LogP contribution is -3.00. The molecule has 110 valence electrons. The van der Waals surface area contributed by atoms with Crippen molar-refractivity contribution in [2.24, 2.45) is 0 Å². The molecule has 0 saturated carbocycles. The van der Waals surface area contributed by atoms with Crippen LogP contribution in [0.1, 0.15) is 0 Å². The van der Waals surface area contributed by atoms with E-state index >= 15 is 0 Å². The second-order valence-electron chi connectivity index (χ2n) is 3.90. The maximum Gasteiger partial charge on any atom is 0.377 e. The lowest BCUT2D eigenvalue weighted by atomic mass is 10.4. The summed E-state index contributed by atoms with van der Waals surface area (Å²) in [6.07, 6.45) is 0. The highest BCUT2D eigenvalue weighted by Gasteiger charge is 2.20. The van der Waals surface area contributed by atoms with E-state index in [1.54, 1.807) is 18.2 Å². The van der Waals surface area contributed by atoms with Gasteiger partial charge in [-0.15, -0.1) is 11.6 Å². The third kappa shape index (κ3) is 4.14. The van der Waals surface area contributed by atoms with Gasteiger partial charge in [-0.3, -0.25) is 0 Å². The average Bonchev–Trinajstić information content (AvgIpc) is 2.58. The summed E-state index contributed by atoms with van der Waals surface area (Å²) in [5.41, 5.74) is 0. The average molecular weight is 320 g/mol. The van der Waals surface area contributed by atoms with E-state index in [9.17, 15) is 9.59 Å². The number of fused-ring (bicyclic) bond motifs is 1. The predicted octanol–water partition coefficient (Wildman–Crippen LogP) is -2.53. The first-order valence-corrected chi connectivity index (χ1v) is 6.42. The van der Waals surface area contributed by atoms with Crippen LogP contribution in [0.5, 0.6) is 0 Å². The van der Waals surface area contributed by atoms with Crippen LogP contribution in [-0.4, -0.2) is 31.0 Å². The Balaban J connectivity index is 0.00000200. The van der Waals surface area contributed by atoms with Crippen molar-refractivity contribution in [2.45, 2.75) is 6.54 Å². The summed E-state index contributed by atoms with van der Waals surface area (Å²) < 4.78 is 1.82. The summed E-state index contributed by atoms with van der Waals surface area (Å²) in [5, 5.41) is 10.7. The normalized spacial score (nSPS) is 12.9. The fourth-order valence-electron chi connectivity index (χ4n) is 1.76. The van der Waals surface area contributed by atoms with Gasteiger partial charge < -0.3 is 23.0 Å². The molecule has 2 heterocycles. The van der Waals surface area contributed by atoms with Gasteiger partial charge in [-0.25, -0.2) is 24.8 Å². The van der Waals surface area contributed by atoms with Gasteiger partial charge in [-0.2, -0.15) is 0 Å². The standard InChI is InChI=1S/C11H14ClN5O2.ClH/c12-4-5-13-10(18)15-8-2-1-3-9-16-11(19)14-6-7-17(8)9;/h1-3H,4-7H2,(H3,13,14,15,16,18,19);1H. The van der Waals surface area contributed by atoms with E-state index in [1.807, 2.05) is 4.57 Å². The highest BCUT2D eigenvalue weighted by Crippen LogP contribution is 2.08. The largest absolute Gasteiger partial charge is 1.00 e. The minimum absolute atomic E-state index is 0. The Kier molecular flexibility index (Phi) is 6.33. The smallest absolute Gasteiger partial charge is 0.377 e. The van der Waals surface area contributed by atoms with Crippen molar-refractivity contribution in [3.05, 3.63) is 18.2 Å². The van der Waals surface area contributed by atoms with Crippen LogP contribution in [0.3, 0.4) is 0 Å². The first-order chi connectivity index (χ1) is 9.20. The lowest BCUT2D eigenvalue weighted by molar-refractivity contribution is -0.665. The molecule has 1 aliphatic rings. The van der Waals surface area contributed by atoms with E-state index in [0.717, 1.165) is 0 Å². The number of alkyl halides is 1. The first-order valence-electron chi connectivity index (χ1n) is 5.89. The molecule has 0 aliphatic carbocycles. The fourth-order valence-corrected chi connectivity index (χ4v) is 1.86. The third-order valence-electron chi connectivity index (χ3n) is 2.57. The van der Waals surface area contributed by atoms with Crippen LogP contribution >= 0.6 is 11.6 Å². The minimum atomic E-state index is -0.329. The molecule has 0 atom stereocenters. The van der Waals surface area contributed by atoms with Gasteiger partial charge in [0.1, 0.15) is 0 Å². The molecule has 4 amide bonds. The highest BCUT2D eigenvalue weighted by atomic mass is 35.5. The molecule has 0 fully saturated rings. The van der Waals surface area contributed by atoms with Gasteiger partial charge in [0.05, 0.1) is 13.1 Å². The van der Waals surface area contributed by atoms with E-state index in [1.165, 1.54) is 0 Å². The molecule has 2 rings (SSSR count). The Hall–Kier alpha value is -1.73. The van der Waals surface area contributed by atoms with Crippen LogP contribution in [0.4, 0.5) is 21.2 Å². The zero-order chi connectivity index (χ0) is 13.7. The van der Waals surface area contributed by atoms with Crippen molar-refractivity contribution >= 4 is 35.3 Å². The number of rotatable bonds is 3. The Morgan fingerprint density at radius 1 is 1.45 bits per heavy atom. The molecular weight excluding hydrogens is 305 g/mol. The molecule has 0 saturated heterocycles. The second kappa shape index (κ2) is 7.76. The number of urea groups is 2. The highest BCUT2D eigenvalue weighted by molar-refractivity contribution is 6.18. The summed E-state index contributed by atoms with van der Waals surface area (Å²) in [7, 11) is 0. The Morgan fingerprint density at radius 2 is 2.25 bits per heavy atom. The van der Waals surface area contributed by atoms with E-state index in [0.29, 0.717) is 37.1 Å². The zero-order valence-electron chi connectivity index (χ0n) is 10.6. The number of anilines is 2. The van der Waals surface area contributed by atoms with Gasteiger partial charge in [0.2, 0.25) is 11.6 Å². The van der Waals surface area contributed by atoms with Crippen LogP contribution in [0.2, 0.25) is 0 Å². The molecule has 4 N–H and O–H groups in total. The summed E-state index contributed by atoms with van der Waals surface area (Å²) in [4.78, 5) is 23.0. The summed E-state index contributed by atoms with van der Waals surface area (Å²) in [6, 6.07) is 4.71. The molecule has 9 heteroatoms. The number of nitrogens with one attached hydrogen (secondary N) is 4. The van der Waals surface area contributed by atoms with Crippen molar-refractivity contribution in [3.63, 3.8) is 0 Å². The number of hydrogen-bond donors (Lipinski definition) is 4. The van der Waals surface area contributed by atoms with Crippen LogP contribution in [0.25, 0.3) is 0 Å². The number of carbonyl (C=O) groups excluding carboxylic acids is 2. The van der Waals surface area contributed by atoms with Gasteiger partial charge in [0, 0.05) is 24.6 Å². The molecule has 20 heavy (non-hydrogen) atoms. The Labute approximate surface area is 127 Å². The molecule has 0 radical (unpaired) electrons. The van der Waals surface area contributed by atoms with Gasteiger partial charge in [0.25, 0.3) is 0 Å². The first kappa shape index (κ1) is 16.3. The van der Waals surface area contributed by atoms with E-state index in [4.69, 9.17) is 11.6 Å². The summed E-state index contributed by atoms with van der Waals surface area (Å²) >= 11 is 5.50. The third-order valence-corrected chi connectivity index (χ3v) is 2.76.